The number of carbonyl (C=O) groups is 1. The Balaban J connectivity index is 1.54. The predicted octanol–water partition coefficient (Wildman–Crippen LogP) is 2.88. The normalized spacial score (nSPS) is 17.1. The van der Waals surface area contributed by atoms with Crippen LogP contribution in [-0.2, 0) is 0 Å². The first-order valence-corrected chi connectivity index (χ1v) is 9.38. The van der Waals surface area contributed by atoms with Crippen LogP contribution in [0.3, 0.4) is 0 Å². The number of anilines is 2. The van der Waals surface area contributed by atoms with Crippen molar-refractivity contribution in [3.05, 3.63) is 52.8 Å². The van der Waals surface area contributed by atoms with E-state index in [1.807, 2.05) is 18.7 Å². The lowest BCUT2D eigenvalue weighted by atomic mass is 10.2. The molecule has 0 radical (unpaired) electrons. The number of nitrogens with one attached hydrogen (secondary N) is 2. The number of aryl methyl sites for hydroxylation is 1. The van der Waals surface area contributed by atoms with E-state index in [0.717, 1.165) is 12.2 Å². The maximum atomic E-state index is 14.6. The van der Waals surface area contributed by atoms with Gasteiger partial charge in [0.2, 0.25) is 0 Å². The minimum Gasteiger partial charge on any atom is -0.351 e. The fourth-order valence-corrected chi connectivity index (χ4v) is 3.62. The van der Waals surface area contributed by atoms with Gasteiger partial charge in [-0.25, -0.2) is 14.4 Å². The van der Waals surface area contributed by atoms with Crippen molar-refractivity contribution < 1.29 is 9.18 Å². The molecule has 1 atom stereocenters. The summed E-state index contributed by atoms with van der Waals surface area (Å²) in [6, 6.07) is 3.08. The molecule has 3 aromatic heterocycles. The molecule has 1 amide bonds. The van der Waals surface area contributed by atoms with Gasteiger partial charge in [-0.1, -0.05) is 11.6 Å². The second-order valence-electron chi connectivity index (χ2n) is 6.97. The molecule has 2 N–H and O–H groups in total. The molecule has 9 heteroatoms. The van der Waals surface area contributed by atoms with Gasteiger partial charge < -0.3 is 19.9 Å². The number of carbonyl (C=O) groups excluding carboxylic acids is 1. The van der Waals surface area contributed by atoms with E-state index in [-0.39, 0.29) is 17.4 Å². The average molecular weight is 403 g/mol. The SMILES string of the molecule is Cc1cn2cc(NC(=O)c3cnc(N4CCNC(C)C4)c(F)c3)cc(Cl)c2n1. The van der Waals surface area contributed by atoms with Gasteiger partial charge >= 0.3 is 0 Å². The van der Waals surface area contributed by atoms with Gasteiger partial charge in [-0.2, -0.15) is 0 Å². The molecule has 3 aromatic rings. The molecule has 0 spiro atoms. The Kier molecular flexibility index (Phi) is 4.91. The van der Waals surface area contributed by atoms with Crippen LogP contribution in [0.2, 0.25) is 5.02 Å². The second kappa shape index (κ2) is 7.37. The highest BCUT2D eigenvalue weighted by atomic mass is 35.5. The van der Waals surface area contributed by atoms with Crippen LogP contribution in [0.25, 0.3) is 5.65 Å². The summed E-state index contributed by atoms with van der Waals surface area (Å²) in [4.78, 5) is 22.9. The lowest BCUT2D eigenvalue weighted by Crippen LogP contribution is -2.49. The third-order valence-corrected chi connectivity index (χ3v) is 4.92. The maximum absolute atomic E-state index is 14.6. The van der Waals surface area contributed by atoms with Gasteiger partial charge in [0.15, 0.2) is 17.3 Å². The standard InChI is InChI=1S/C19H20ClFN6O/c1-11-8-26(4-3-22-11)18-16(21)5-13(7-23-18)19(28)25-14-6-15(20)17-24-12(2)9-27(17)10-14/h5-7,9-11,22H,3-4,8H2,1-2H3,(H,25,28). The molecule has 0 bridgehead atoms. The molecule has 1 aliphatic rings. The van der Waals surface area contributed by atoms with E-state index in [4.69, 9.17) is 11.6 Å². The first kappa shape index (κ1) is 18.6. The van der Waals surface area contributed by atoms with Crippen LogP contribution in [-0.4, -0.2) is 46.0 Å². The molecule has 1 unspecified atom stereocenters. The summed E-state index contributed by atoms with van der Waals surface area (Å²) in [6.07, 6.45) is 4.91. The van der Waals surface area contributed by atoms with Gasteiger partial charge in [0.25, 0.3) is 5.91 Å². The number of imidazole rings is 1. The topological polar surface area (TPSA) is 74.6 Å². The summed E-state index contributed by atoms with van der Waals surface area (Å²) in [5, 5.41) is 6.45. The number of pyridine rings is 2. The Morgan fingerprint density at radius 3 is 2.96 bits per heavy atom. The molecule has 1 fully saturated rings. The lowest BCUT2D eigenvalue weighted by molar-refractivity contribution is 0.102. The number of hydrogen-bond acceptors (Lipinski definition) is 5. The fourth-order valence-electron chi connectivity index (χ4n) is 3.36. The van der Waals surface area contributed by atoms with Gasteiger partial charge in [0.1, 0.15) is 0 Å². The number of hydrogen-bond donors (Lipinski definition) is 2. The Bertz CT molecular complexity index is 1050. The molecule has 4 rings (SSSR count). The van der Waals surface area contributed by atoms with Crippen molar-refractivity contribution in [1.29, 1.82) is 0 Å². The zero-order valence-electron chi connectivity index (χ0n) is 15.5. The van der Waals surface area contributed by atoms with Gasteiger partial charge in [-0.3, -0.25) is 4.79 Å². The monoisotopic (exact) mass is 402 g/mol. The Morgan fingerprint density at radius 2 is 2.21 bits per heavy atom. The molecule has 0 saturated carbocycles. The first-order valence-electron chi connectivity index (χ1n) is 9.01. The molecule has 0 aliphatic carbocycles. The highest BCUT2D eigenvalue weighted by Gasteiger charge is 2.21. The molecule has 4 heterocycles. The van der Waals surface area contributed by atoms with E-state index < -0.39 is 11.7 Å². The molecule has 1 aliphatic heterocycles. The van der Waals surface area contributed by atoms with Gasteiger partial charge in [0, 0.05) is 44.3 Å². The van der Waals surface area contributed by atoms with Crippen LogP contribution < -0.4 is 15.5 Å². The number of fused-ring (bicyclic) bond motifs is 1. The number of nitrogens with zero attached hydrogens (tertiary/aromatic N) is 4. The largest absolute Gasteiger partial charge is 0.351 e. The maximum Gasteiger partial charge on any atom is 0.257 e. The van der Waals surface area contributed by atoms with Crippen molar-refractivity contribution in [1.82, 2.24) is 19.7 Å². The lowest BCUT2D eigenvalue weighted by Gasteiger charge is -2.32. The van der Waals surface area contributed by atoms with Crippen LogP contribution in [0.15, 0.2) is 30.7 Å². The van der Waals surface area contributed by atoms with Crippen molar-refractivity contribution in [3.63, 3.8) is 0 Å². The van der Waals surface area contributed by atoms with Crippen LogP contribution in [0.1, 0.15) is 23.0 Å². The molecule has 146 valence electrons. The van der Waals surface area contributed by atoms with Crippen molar-refractivity contribution in [3.8, 4) is 0 Å². The summed E-state index contributed by atoms with van der Waals surface area (Å²) in [5.41, 5.74) is 2.05. The number of aromatic nitrogens is 3. The van der Waals surface area contributed by atoms with E-state index in [9.17, 15) is 9.18 Å². The highest BCUT2D eigenvalue weighted by Crippen LogP contribution is 2.23. The predicted molar refractivity (Wildman–Crippen MR) is 107 cm³/mol. The number of piperazine rings is 1. The van der Waals surface area contributed by atoms with Crippen molar-refractivity contribution >= 4 is 34.7 Å². The Labute approximate surface area is 166 Å². The van der Waals surface area contributed by atoms with E-state index >= 15 is 0 Å². The van der Waals surface area contributed by atoms with Crippen molar-refractivity contribution in [2.45, 2.75) is 19.9 Å². The Morgan fingerprint density at radius 1 is 1.39 bits per heavy atom. The van der Waals surface area contributed by atoms with E-state index in [1.165, 1.54) is 12.3 Å². The minimum atomic E-state index is -0.513. The van der Waals surface area contributed by atoms with Crippen LogP contribution >= 0.6 is 11.6 Å². The molecular formula is C19H20ClFN6O. The quantitative estimate of drug-likeness (QED) is 0.704. The highest BCUT2D eigenvalue weighted by molar-refractivity contribution is 6.33. The van der Waals surface area contributed by atoms with Crippen molar-refractivity contribution in [2.75, 3.05) is 29.9 Å². The molecular weight excluding hydrogens is 383 g/mol. The summed E-state index contributed by atoms with van der Waals surface area (Å²) in [6.45, 7) is 5.99. The molecule has 7 nitrogen and oxygen atoms in total. The van der Waals surface area contributed by atoms with Gasteiger partial charge in [-0.05, 0) is 26.0 Å². The Hall–Kier alpha value is -2.71. The molecule has 28 heavy (non-hydrogen) atoms. The first-order chi connectivity index (χ1) is 13.4. The van der Waals surface area contributed by atoms with Gasteiger partial charge in [-0.15, -0.1) is 0 Å². The third-order valence-electron chi connectivity index (χ3n) is 4.64. The zero-order valence-corrected chi connectivity index (χ0v) is 16.3. The minimum absolute atomic E-state index is 0.141. The number of amides is 1. The summed E-state index contributed by atoms with van der Waals surface area (Å²) >= 11 is 6.23. The van der Waals surface area contributed by atoms with Gasteiger partial charge in [0.05, 0.1) is 22.0 Å². The fraction of sp³-hybridized carbons (Fsp3) is 0.316. The summed E-state index contributed by atoms with van der Waals surface area (Å²) in [7, 11) is 0. The van der Waals surface area contributed by atoms with Crippen LogP contribution in [0.4, 0.5) is 15.9 Å². The van der Waals surface area contributed by atoms with E-state index in [2.05, 4.69) is 20.6 Å². The second-order valence-corrected chi connectivity index (χ2v) is 7.38. The molecule has 0 aromatic carbocycles. The van der Waals surface area contributed by atoms with E-state index in [1.54, 1.807) is 22.9 Å². The summed E-state index contributed by atoms with van der Waals surface area (Å²) < 4.78 is 16.3. The third kappa shape index (κ3) is 3.65. The van der Waals surface area contributed by atoms with Crippen LogP contribution in [0, 0.1) is 12.7 Å². The zero-order chi connectivity index (χ0) is 19.8. The van der Waals surface area contributed by atoms with Crippen molar-refractivity contribution in [2.24, 2.45) is 0 Å². The van der Waals surface area contributed by atoms with Crippen LogP contribution in [0.5, 0.6) is 0 Å². The average Bonchev–Trinajstić information content (AvgIpc) is 3.02. The van der Waals surface area contributed by atoms with E-state index in [0.29, 0.717) is 29.4 Å². The number of rotatable bonds is 3. The summed E-state index contributed by atoms with van der Waals surface area (Å²) in [5.74, 6) is -0.706. The number of halogens is 2. The smallest absolute Gasteiger partial charge is 0.257 e. The molecule has 1 saturated heterocycles.